The number of halogens is 1. The van der Waals surface area contributed by atoms with Gasteiger partial charge in [-0.2, -0.15) is 4.39 Å². The molecular formula is C24H26FN6O2+. The summed E-state index contributed by atoms with van der Waals surface area (Å²) in [5, 5.41) is 2.85. The zero-order chi connectivity index (χ0) is 22.9. The van der Waals surface area contributed by atoms with Crippen LogP contribution in [0, 0.1) is 12.0 Å². The minimum absolute atomic E-state index is 0.184. The van der Waals surface area contributed by atoms with Crippen molar-refractivity contribution in [3.8, 4) is 0 Å². The van der Waals surface area contributed by atoms with Crippen molar-refractivity contribution in [1.82, 2.24) is 20.2 Å². The van der Waals surface area contributed by atoms with Gasteiger partial charge in [0.15, 0.2) is 0 Å². The third-order valence-electron chi connectivity index (χ3n) is 6.87. The smallest absolute Gasteiger partial charge is 0.355 e. The third kappa shape index (κ3) is 4.26. The minimum atomic E-state index is -0.626. The SMILES string of the molecule is CNC(=O)c1ccc(N2CCN(C3CCC(c4cc5[n+]#cc(F)cc5c(=O)[nH]4)C3)CC2)cn1. The van der Waals surface area contributed by atoms with Gasteiger partial charge in [-0.25, -0.2) is 4.98 Å². The second-order valence-electron chi connectivity index (χ2n) is 8.74. The Morgan fingerprint density at radius 2 is 2.06 bits per heavy atom. The molecule has 3 aromatic rings. The van der Waals surface area contributed by atoms with Gasteiger partial charge in [-0.1, -0.05) is 0 Å². The average molecular weight is 450 g/mol. The molecule has 1 aliphatic carbocycles. The van der Waals surface area contributed by atoms with Crippen molar-refractivity contribution in [2.24, 2.45) is 0 Å². The van der Waals surface area contributed by atoms with E-state index in [1.54, 1.807) is 19.3 Å². The maximum atomic E-state index is 13.4. The first-order valence-corrected chi connectivity index (χ1v) is 11.3. The summed E-state index contributed by atoms with van der Waals surface area (Å²) in [5.41, 5.74) is 2.52. The molecule has 0 radical (unpaired) electrons. The number of carbonyl (C=O) groups excluding carboxylic acids is 1. The van der Waals surface area contributed by atoms with E-state index in [-0.39, 0.29) is 22.8 Å². The van der Waals surface area contributed by atoms with Gasteiger partial charge in [-0.3, -0.25) is 14.5 Å². The van der Waals surface area contributed by atoms with Crippen molar-refractivity contribution in [3.05, 3.63) is 64.2 Å². The quantitative estimate of drug-likeness (QED) is 0.623. The molecule has 2 unspecified atom stereocenters. The highest BCUT2D eigenvalue weighted by molar-refractivity contribution is 5.92. The number of nitrogens with one attached hydrogen (secondary N) is 2. The molecule has 2 fully saturated rings. The Morgan fingerprint density at radius 1 is 1.24 bits per heavy atom. The van der Waals surface area contributed by atoms with Crippen LogP contribution in [-0.2, 0) is 0 Å². The van der Waals surface area contributed by atoms with Gasteiger partial charge in [0.2, 0.25) is 0 Å². The molecular weight excluding hydrogens is 423 g/mol. The van der Waals surface area contributed by atoms with Crippen molar-refractivity contribution in [3.63, 3.8) is 0 Å². The summed E-state index contributed by atoms with van der Waals surface area (Å²) in [7, 11) is 1.60. The Hall–Kier alpha value is -3.51. The zero-order valence-corrected chi connectivity index (χ0v) is 18.5. The van der Waals surface area contributed by atoms with Crippen LogP contribution in [0.15, 0.2) is 35.3 Å². The Bertz CT molecular complexity index is 1220. The van der Waals surface area contributed by atoms with Crippen LogP contribution in [0.25, 0.3) is 10.9 Å². The number of rotatable bonds is 4. The van der Waals surface area contributed by atoms with Crippen LogP contribution in [-0.4, -0.2) is 60.0 Å². The van der Waals surface area contributed by atoms with Crippen LogP contribution in [0.5, 0.6) is 0 Å². The van der Waals surface area contributed by atoms with Gasteiger partial charge in [0.1, 0.15) is 11.1 Å². The second-order valence-corrected chi connectivity index (χ2v) is 8.74. The number of pyridine rings is 2. The van der Waals surface area contributed by atoms with E-state index in [2.05, 4.69) is 36.3 Å². The highest BCUT2D eigenvalue weighted by Crippen LogP contribution is 2.36. The average Bonchev–Trinajstić information content (AvgIpc) is 3.34. The number of fused-ring (bicyclic) bond motifs is 1. The van der Waals surface area contributed by atoms with Crippen molar-refractivity contribution in [2.45, 2.75) is 31.2 Å². The van der Waals surface area contributed by atoms with Crippen LogP contribution < -0.4 is 20.8 Å². The molecule has 0 aromatic carbocycles. The van der Waals surface area contributed by atoms with E-state index in [0.717, 1.165) is 56.8 Å². The number of amides is 1. The molecule has 2 atom stereocenters. The number of anilines is 1. The lowest BCUT2D eigenvalue weighted by molar-refractivity contribution is -0.260. The maximum Gasteiger partial charge on any atom is 0.355 e. The fraction of sp³-hybridized carbons (Fsp3) is 0.417. The highest BCUT2D eigenvalue weighted by atomic mass is 19.1. The summed E-state index contributed by atoms with van der Waals surface area (Å²) in [6.45, 7) is 3.72. The summed E-state index contributed by atoms with van der Waals surface area (Å²) in [6.07, 6.45) is 7.13. The molecule has 9 heteroatoms. The van der Waals surface area contributed by atoms with Crippen LogP contribution in [0.1, 0.15) is 41.4 Å². The third-order valence-corrected chi connectivity index (χ3v) is 6.87. The Kier molecular flexibility index (Phi) is 5.68. The normalized spacial score (nSPS) is 21.2. The fourth-order valence-electron chi connectivity index (χ4n) is 5.05. The van der Waals surface area contributed by atoms with E-state index in [1.807, 2.05) is 12.1 Å². The molecule has 3 aromatic heterocycles. The molecule has 8 nitrogen and oxygen atoms in total. The minimum Gasteiger partial charge on any atom is -0.368 e. The summed E-state index contributed by atoms with van der Waals surface area (Å²) in [4.78, 5) is 40.1. The van der Waals surface area contributed by atoms with Gasteiger partial charge < -0.3 is 15.2 Å². The Morgan fingerprint density at radius 3 is 2.79 bits per heavy atom. The van der Waals surface area contributed by atoms with Crippen molar-refractivity contribution >= 4 is 22.5 Å². The molecule has 1 saturated heterocycles. The topological polar surface area (TPSA) is 95.4 Å². The molecule has 170 valence electrons. The van der Waals surface area contributed by atoms with Gasteiger partial charge in [-0.05, 0) is 36.4 Å². The lowest BCUT2D eigenvalue weighted by Gasteiger charge is -2.39. The highest BCUT2D eigenvalue weighted by Gasteiger charge is 2.33. The summed E-state index contributed by atoms with van der Waals surface area (Å²) < 4.78 is 13.4. The first kappa shape index (κ1) is 21.3. The lowest BCUT2D eigenvalue weighted by Crippen LogP contribution is -2.49. The predicted molar refractivity (Wildman–Crippen MR) is 121 cm³/mol. The molecule has 2 N–H and O–H groups in total. The van der Waals surface area contributed by atoms with E-state index in [0.29, 0.717) is 17.3 Å². The molecule has 33 heavy (non-hydrogen) atoms. The molecule has 5 rings (SSSR count). The number of carbonyl (C=O) groups is 1. The van der Waals surface area contributed by atoms with Gasteiger partial charge in [0.25, 0.3) is 17.3 Å². The van der Waals surface area contributed by atoms with E-state index in [1.165, 1.54) is 6.07 Å². The van der Waals surface area contributed by atoms with E-state index >= 15 is 0 Å². The monoisotopic (exact) mass is 449 g/mol. The zero-order valence-electron chi connectivity index (χ0n) is 18.5. The number of H-pyrrole nitrogens is 1. The molecule has 4 heterocycles. The van der Waals surface area contributed by atoms with E-state index < -0.39 is 5.82 Å². The summed E-state index contributed by atoms with van der Waals surface area (Å²) >= 11 is 0. The first-order chi connectivity index (χ1) is 16.0. The standard InChI is InChI=1S/C24H25FN6O2/c1-26-24(33)20-5-4-18(14-28-20)31-8-6-30(7-9-31)17-3-2-15(10-17)21-12-22-19(23(32)29-21)11-16(25)13-27-22/h4-5,11-12,14-15,17H,2-3,6-10H2,1H3,(H,26,33)/p+1. The molecule has 1 aliphatic heterocycles. The Balaban J connectivity index is 1.21. The van der Waals surface area contributed by atoms with Gasteiger partial charge >= 0.3 is 11.7 Å². The first-order valence-electron chi connectivity index (χ1n) is 11.3. The number of hydrogen-bond acceptors (Lipinski definition) is 5. The molecule has 1 saturated carbocycles. The molecule has 0 bridgehead atoms. The lowest BCUT2D eigenvalue weighted by atomic mass is 10.0. The number of piperazine rings is 1. The van der Waals surface area contributed by atoms with E-state index in [9.17, 15) is 14.0 Å². The number of aromatic amines is 1. The van der Waals surface area contributed by atoms with Crippen LogP contribution in [0.4, 0.5) is 10.1 Å². The number of hydrogen-bond donors (Lipinski definition) is 2. The number of aromatic nitrogens is 3. The van der Waals surface area contributed by atoms with Crippen LogP contribution in [0.2, 0.25) is 0 Å². The molecule has 0 spiro atoms. The van der Waals surface area contributed by atoms with Gasteiger partial charge in [0.05, 0.1) is 18.0 Å². The van der Waals surface area contributed by atoms with Crippen LogP contribution in [0.3, 0.4) is 0 Å². The molecule has 1 amide bonds. The van der Waals surface area contributed by atoms with Gasteiger partial charge in [0, 0.05) is 56.9 Å². The second kappa shape index (κ2) is 8.79. The predicted octanol–water partition coefficient (Wildman–Crippen LogP) is 1.28. The van der Waals surface area contributed by atoms with Crippen molar-refractivity contribution < 1.29 is 14.2 Å². The fourth-order valence-corrected chi connectivity index (χ4v) is 5.05. The summed E-state index contributed by atoms with van der Waals surface area (Å²) in [6, 6.07) is 7.23. The summed E-state index contributed by atoms with van der Waals surface area (Å²) in [5.74, 6) is -0.548. The Labute approximate surface area is 190 Å². The van der Waals surface area contributed by atoms with Crippen LogP contribution >= 0.6 is 0 Å². The van der Waals surface area contributed by atoms with Crippen molar-refractivity contribution in [2.75, 3.05) is 38.1 Å². The van der Waals surface area contributed by atoms with Crippen molar-refractivity contribution in [1.29, 1.82) is 0 Å². The van der Waals surface area contributed by atoms with Gasteiger partial charge in [-0.15, -0.1) is 0 Å². The van der Waals surface area contributed by atoms with E-state index in [4.69, 9.17) is 0 Å². The maximum absolute atomic E-state index is 13.4. The molecule has 2 aliphatic rings. The number of nitrogens with zero attached hydrogens (tertiary/aromatic N) is 4. The largest absolute Gasteiger partial charge is 0.368 e.